The fourth-order valence-corrected chi connectivity index (χ4v) is 6.74. The fraction of sp³-hybridized carbons (Fsp3) is 0.318. The molecule has 4 heteroatoms. The Morgan fingerprint density at radius 2 is 0.771 bits per heavy atom. The van der Waals surface area contributed by atoms with Crippen molar-refractivity contribution in [2.75, 3.05) is 0 Å². The van der Waals surface area contributed by atoms with Crippen LogP contribution in [0.5, 0.6) is 0 Å². The van der Waals surface area contributed by atoms with E-state index in [-0.39, 0.29) is 0 Å². The van der Waals surface area contributed by atoms with Crippen molar-refractivity contribution in [3.05, 3.63) is 127 Å². The Balaban J connectivity index is 0.000000224. The van der Waals surface area contributed by atoms with Crippen molar-refractivity contribution in [1.29, 1.82) is 0 Å². The molecule has 0 aliphatic carbocycles. The molecule has 0 heterocycles. The van der Waals surface area contributed by atoms with Crippen LogP contribution in [-0.4, -0.2) is 9.52 Å². The molecule has 0 N–H and O–H groups in total. The average Bonchev–Trinajstić information content (AvgIpc) is 3.61. The molecule has 0 atom stereocenters. The molecule has 0 nitrogen and oxygen atoms in total. The first-order chi connectivity index (χ1) is 22.6. The number of hydrogen-bond acceptors (Lipinski definition) is 0. The summed E-state index contributed by atoms with van der Waals surface area (Å²) in [6.45, 7) is 31.0. The second-order valence-corrected chi connectivity index (χ2v) is 18.1. The van der Waals surface area contributed by atoms with Crippen molar-refractivity contribution >= 4 is 48.1 Å². The van der Waals surface area contributed by atoms with Gasteiger partial charge in [0.15, 0.2) is 0 Å². The predicted octanol–water partition coefficient (Wildman–Crippen LogP) is 14.3. The second kappa shape index (κ2) is 17.6. The first-order valence-electron chi connectivity index (χ1n) is 16.7. The molecule has 0 aliphatic rings. The van der Waals surface area contributed by atoms with Gasteiger partial charge in [-0.3, -0.25) is 0 Å². The number of aryl methyl sites for hydroxylation is 6. The molecular weight excluding hydrogens is 719 g/mol. The molecule has 48 heavy (non-hydrogen) atoms. The Morgan fingerprint density at radius 1 is 0.458 bits per heavy atom. The Kier molecular flexibility index (Phi) is 14.8. The van der Waals surface area contributed by atoms with Gasteiger partial charge in [-0.1, -0.05) is 61.3 Å². The van der Waals surface area contributed by atoms with Gasteiger partial charge in [0.2, 0.25) is 0 Å². The summed E-state index contributed by atoms with van der Waals surface area (Å²) in [6.07, 6.45) is 0. The number of halogens is 2. The van der Waals surface area contributed by atoms with Gasteiger partial charge in [0, 0.05) is 9.52 Å². The van der Waals surface area contributed by atoms with Crippen LogP contribution in [0.4, 0.5) is 0 Å². The number of rotatable bonds is 2. The molecule has 0 saturated carbocycles. The summed E-state index contributed by atoms with van der Waals surface area (Å²) >= 11 is -0.826. The molecule has 6 aromatic carbocycles. The molecular formula is C44H52Cl2SiZr. The fourth-order valence-electron chi connectivity index (χ4n) is 6.74. The van der Waals surface area contributed by atoms with E-state index in [0.29, 0.717) is 0 Å². The molecule has 250 valence electrons. The minimum absolute atomic E-state index is 0.826. The monoisotopic (exact) mass is 768 g/mol. The molecule has 0 fully saturated rings. The first-order valence-corrected chi connectivity index (χ1v) is 25.0. The first kappa shape index (κ1) is 40.2. The van der Waals surface area contributed by atoms with Gasteiger partial charge in [-0.05, 0) is 125 Å². The van der Waals surface area contributed by atoms with Crippen LogP contribution in [0.1, 0.15) is 66.8 Å². The van der Waals surface area contributed by atoms with E-state index in [0.717, 1.165) is 9.52 Å². The van der Waals surface area contributed by atoms with Gasteiger partial charge in [-0.15, -0.1) is 69.1 Å². The number of benzene rings is 4. The quantitative estimate of drug-likeness (QED) is 0.122. The summed E-state index contributed by atoms with van der Waals surface area (Å²) in [7, 11) is 11.0. The third kappa shape index (κ3) is 8.73. The topological polar surface area (TPSA) is 0 Å². The summed E-state index contributed by atoms with van der Waals surface area (Å²) in [5.74, 6) is 0. The summed E-state index contributed by atoms with van der Waals surface area (Å²) in [5.41, 5.74) is 22.3. The van der Waals surface area contributed by atoms with Gasteiger partial charge in [0.25, 0.3) is 0 Å². The summed E-state index contributed by atoms with van der Waals surface area (Å²) in [5, 5.41) is 5.48. The van der Waals surface area contributed by atoms with E-state index in [9.17, 15) is 0 Å². The van der Waals surface area contributed by atoms with Crippen LogP contribution in [0, 0.1) is 83.1 Å². The van der Waals surface area contributed by atoms with Crippen LogP contribution < -0.4 is 0 Å². The molecule has 6 aromatic rings. The third-order valence-electron chi connectivity index (χ3n) is 9.99. The molecule has 0 amide bonds. The standard InChI is InChI=1S/2C21H23.C2H6Si.2ClH.Zr/c2*1-12-9-18-8-7-13(2)21(20(18)10-12)19-11-14(3)15(4)16(5)17(19)6;1-3-2;;;/h2*7-11H,1-6H3;1-2H3;2*1H;/q2*-1;;;;+4/p-2. The van der Waals surface area contributed by atoms with E-state index >= 15 is 0 Å². The second-order valence-electron chi connectivity index (χ2n) is 13.4. The van der Waals surface area contributed by atoms with Crippen molar-refractivity contribution in [2.45, 2.75) is 96.2 Å². The minimum atomic E-state index is -0.826. The Morgan fingerprint density at radius 3 is 1.08 bits per heavy atom. The summed E-state index contributed by atoms with van der Waals surface area (Å²) in [6, 6.07) is 22.9. The summed E-state index contributed by atoms with van der Waals surface area (Å²) in [4.78, 5) is 0. The van der Waals surface area contributed by atoms with Crippen molar-refractivity contribution in [3.8, 4) is 22.3 Å². The molecule has 0 spiro atoms. The van der Waals surface area contributed by atoms with Crippen molar-refractivity contribution in [2.24, 2.45) is 0 Å². The molecule has 6 rings (SSSR count). The van der Waals surface area contributed by atoms with E-state index in [1.807, 2.05) is 0 Å². The molecule has 0 saturated heterocycles. The van der Waals surface area contributed by atoms with E-state index in [1.54, 1.807) is 0 Å². The number of fused-ring (bicyclic) bond motifs is 2. The molecule has 2 radical (unpaired) electrons. The molecule has 0 aliphatic heterocycles. The maximum atomic E-state index is 4.93. The zero-order valence-corrected chi connectivity index (χ0v) is 36.5. The van der Waals surface area contributed by atoms with E-state index in [1.165, 1.54) is 111 Å². The van der Waals surface area contributed by atoms with Gasteiger partial charge in [0.05, 0.1) is 0 Å². The predicted molar refractivity (Wildman–Crippen MR) is 216 cm³/mol. The van der Waals surface area contributed by atoms with Crippen LogP contribution in [0.15, 0.2) is 60.7 Å². The van der Waals surface area contributed by atoms with Gasteiger partial charge < -0.3 is 0 Å². The van der Waals surface area contributed by atoms with Crippen molar-refractivity contribution in [3.63, 3.8) is 0 Å². The van der Waals surface area contributed by atoms with Gasteiger partial charge in [-0.25, -0.2) is 0 Å². The molecule has 0 bridgehead atoms. The Hall–Kier alpha value is -2.22. The van der Waals surface area contributed by atoms with Crippen LogP contribution in [0.3, 0.4) is 0 Å². The van der Waals surface area contributed by atoms with Crippen LogP contribution >= 0.6 is 17.0 Å². The van der Waals surface area contributed by atoms with Gasteiger partial charge in [0.1, 0.15) is 0 Å². The van der Waals surface area contributed by atoms with E-state index < -0.39 is 20.8 Å². The van der Waals surface area contributed by atoms with Gasteiger partial charge >= 0.3 is 37.9 Å². The number of hydrogen-bond donors (Lipinski definition) is 0. The van der Waals surface area contributed by atoms with Crippen molar-refractivity contribution in [1.82, 2.24) is 0 Å². The average molecular weight is 771 g/mol. The Labute approximate surface area is 312 Å². The third-order valence-corrected chi connectivity index (χ3v) is 9.99. The SMILES string of the molecule is C[Si]C.Cc1cc2c(-c3cc(C)c(C)c(C)c3C)c(C)ccc2[cH-]1.Cc1cc2c(-c3cc(C)c(C)c(C)c3C)c(C)ccc2[cH-]1.[Cl][Zr+2][Cl]. The zero-order valence-electron chi connectivity index (χ0n) is 31.5. The van der Waals surface area contributed by atoms with E-state index in [2.05, 4.69) is 157 Å². The van der Waals surface area contributed by atoms with Crippen LogP contribution in [-0.2, 0) is 20.8 Å². The molecule has 0 unspecified atom stereocenters. The van der Waals surface area contributed by atoms with Crippen LogP contribution in [0.2, 0.25) is 13.1 Å². The normalized spacial score (nSPS) is 10.5. The maximum absolute atomic E-state index is 4.93. The molecule has 0 aromatic heterocycles. The van der Waals surface area contributed by atoms with E-state index in [4.69, 9.17) is 17.0 Å². The van der Waals surface area contributed by atoms with Gasteiger partial charge in [-0.2, -0.15) is 12.1 Å². The summed E-state index contributed by atoms with van der Waals surface area (Å²) < 4.78 is 0. The van der Waals surface area contributed by atoms with Crippen LogP contribution in [0.25, 0.3) is 43.8 Å². The van der Waals surface area contributed by atoms with Crippen molar-refractivity contribution < 1.29 is 20.8 Å². The zero-order chi connectivity index (χ0) is 36.0. The Bertz CT molecular complexity index is 1890.